The molecule has 0 aromatic carbocycles. The standard InChI is InChI=1S/C13H18N4O3/c1-2-5-13(10(18)19)6-3-9-17(13)12(20)16-11-14-7-4-8-15-11/h4,7-8H,2-3,5-6,9H2,1H3,(H,18,19)(H,14,15,16,20). The number of urea groups is 1. The summed E-state index contributed by atoms with van der Waals surface area (Å²) in [6.45, 7) is 2.35. The number of aromatic nitrogens is 2. The number of amides is 2. The summed E-state index contributed by atoms with van der Waals surface area (Å²) in [7, 11) is 0. The molecule has 0 bridgehead atoms. The zero-order valence-electron chi connectivity index (χ0n) is 11.4. The monoisotopic (exact) mass is 278 g/mol. The highest BCUT2D eigenvalue weighted by Gasteiger charge is 2.49. The van der Waals surface area contributed by atoms with Crippen LogP contribution in [0.5, 0.6) is 0 Å². The topological polar surface area (TPSA) is 95.4 Å². The van der Waals surface area contributed by atoms with Gasteiger partial charge in [-0.15, -0.1) is 0 Å². The van der Waals surface area contributed by atoms with Crippen LogP contribution in [0.25, 0.3) is 0 Å². The molecule has 20 heavy (non-hydrogen) atoms. The Balaban J connectivity index is 2.17. The van der Waals surface area contributed by atoms with E-state index in [-0.39, 0.29) is 5.95 Å². The summed E-state index contributed by atoms with van der Waals surface area (Å²) in [4.78, 5) is 33.1. The number of carboxylic acids is 1. The Morgan fingerprint density at radius 3 is 2.75 bits per heavy atom. The highest BCUT2D eigenvalue weighted by Crippen LogP contribution is 2.34. The molecule has 0 saturated carbocycles. The van der Waals surface area contributed by atoms with Gasteiger partial charge in [0.05, 0.1) is 0 Å². The number of carbonyl (C=O) groups excluding carboxylic acids is 1. The lowest BCUT2D eigenvalue weighted by atomic mass is 9.91. The summed E-state index contributed by atoms with van der Waals surface area (Å²) in [5.41, 5.74) is -1.10. The third kappa shape index (κ3) is 2.56. The van der Waals surface area contributed by atoms with Crippen LogP contribution in [0, 0.1) is 0 Å². The Hall–Kier alpha value is -2.18. The van der Waals surface area contributed by atoms with E-state index in [9.17, 15) is 14.7 Å². The molecular weight excluding hydrogens is 260 g/mol. The first kappa shape index (κ1) is 14.2. The van der Waals surface area contributed by atoms with Gasteiger partial charge in [-0.3, -0.25) is 5.32 Å². The number of aliphatic carboxylic acids is 1. The van der Waals surface area contributed by atoms with Crippen molar-refractivity contribution < 1.29 is 14.7 Å². The Bertz CT molecular complexity index is 494. The maximum absolute atomic E-state index is 12.3. The van der Waals surface area contributed by atoms with Crippen LogP contribution in [0.4, 0.5) is 10.7 Å². The fourth-order valence-electron chi connectivity index (χ4n) is 2.70. The van der Waals surface area contributed by atoms with Gasteiger partial charge < -0.3 is 10.0 Å². The maximum Gasteiger partial charge on any atom is 0.329 e. The molecule has 2 heterocycles. The SMILES string of the molecule is CCCC1(C(=O)O)CCCN1C(=O)Nc1ncccn1. The first-order chi connectivity index (χ1) is 9.60. The van der Waals surface area contributed by atoms with Crippen molar-refractivity contribution in [2.75, 3.05) is 11.9 Å². The summed E-state index contributed by atoms with van der Waals surface area (Å²) >= 11 is 0. The lowest BCUT2D eigenvalue weighted by molar-refractivity contribution is -0.148. The molecule has 1 aliphatic heterocycles. The second-order valence-electron chi connectivity index (χ2n) is 4.84. The number of nitrogens with one attached hydrogen (secondary N) is 1. The Morgan fingerprint density at radius 2 is 2.15 bits per heavy atom. The van der Waals surface area contributed by atoms with Gasteiger partial charge in [-0.1, -0.05) is 13.3 Å². The van der Waals surface area contributed by atoms with Crippen LogP contribution in [-0.4, -0.2) is 44.1 Å². The summed E-state index contributed by atoms with van der Waals surface area (Å²) < 4.78 is 0. The molecule has 7 nitrogen and oxygen atoms in total. The van der Waals surface area contributed by atoms with Gasteiger partial charge in [-0.25, -0.2) is 19.6 Å². The normalized spacial score (nSPS) is 21.8. The van der Waals surface area contributed by atoms with E-state index in [2.05, 4.69) is 15.3 Å². The molecule has 1 atom stereocenters. The van der Waals surface area contributed by atoms with Crippen molar-refractivity contribution in [3.63, 3.8) is 0 Å². The van der Waals surface area contributed by atoms with Crippen molar-refractivity contribution in [2.24, 2.45) is 0 Å². The molecule has 1 fully saturated rings. The van der Waals surface area contributed by atoms with Crippen molar-refractivity contribution in [2.45, 2.75) is 38.1 Å². The molecular formula is C13H18N4O3. The van der Waals surface area contributed by atoms with Gasteiger partial charge in [0.2, 0.25) is 5.95 Å². The molecule has 108 valence electrons. The Kier molecular flexibility index (Phi) is 4.16. The highest BCUT2D eigenvalue weighted by atomic mass is 16.4. The largest absolute Gasteiger partial charge is 0.479 e. The fraction of sp³-hybridized carbons (Fsp3) is 0.538. The average molecular weight is 278 g/mol. The van der Waals surface area contributed by atoms with E-state index in [1.165, 1.54) is 17.3 Å². The van der Waals surface area contributed by atoms with E-state index in [0.717, 1.165) is 0 Å². The third-order valence-corrected chi connectivity index (χ3v) is 3.58. The van der Waals surface area contributed by atoms with Crippen molar-refractivity contribution in [1.29, 1.82) is 0 Å². The van der Waals surface area contributed by atoms with Crippen molar-refractivity contribution >= 4 is 17.9 Å². The second-order valence-corrected chi connectivity index (χ2v) is 4.84. The lowest BCUT2D eigenvalue weighted by Gasteiger charge is -2.34. The fourth-order valence-corrected chi connectivity index (χ4v) is 2.70. The minimum atomic E-state index is -1.10. The maximum atomic E-state index is 12.3. The quantitative estimate of drug-likeness (QED) is 0.874. The van der Waals surface area contributed by atoms with Gasteiger partial charge in [-0.2, -0.15) is 0 Å². The molecule has 2 N–H and O–H groups in total. The van der Waals surface area contributed by atoms with Crippen LogP contribution in [0.15, 0.2) is 18.5 Å². The van der Waals surface area contributed by atoms with Gasteiger partial charge in [0.25, 0.3) is 0 Å². The molecule has 1 aromatic heterocycles. The Labute approximate surface area is 117 Å². The predicted molar refractivity (Wildman–Crippen MR) is 72.3 cm³/mol. The third-order valence-electron chi connectivity index (χ3n) is 3.58. The molecule has 1 saturated heterocycles. The number of nitrogens with zero attached hydrogens (tertiary/aromatic N) is 3. The van der Waals surface area contributed by atoms with Crippen LogP contribution in [0.1, 0.15) is 32.6 Å². The van der Waals surface area contributed by atoms with Crippen LogP contribution in [0.2, 0.25) is 0 Å². The van der Waals surface area contributed by atoms with Crippen molar-refractivity contribution in [3.8, 4) is 0 Å². The second kappa shape index (κ2) is 5.85. The molecule has 1 aliphatic rings. The van der Waals surface area contributed by atoms with E-state index < -0.39 is 17.5 Å². The molecule has 7 heteroatoms. The van der Waals surface area contributed by atoms with E-state index >= 15 is 0 Å². The van der Waals surface area contributed by atoms with Gasteiger partial charge in [0.15, 0.2) is 0 Å². The molecule has 2 amide bonds. The van der Waals surface area contributed by atoms with Gasteiger partial charge >= 0.3 is 12.0 Å². The first-order valence-electron chi connectivity index (χ1n) is 6.69. The van der Waals surface area contributed by atoms with Crippen molar-refractivity contribution in [3.05, 3.63) is 18.5 Å². The zero-order valence-corrected chi connectivity index (χ0v) is 11.4. The number of anilines is 1. The van der Waals surface area contributed by atoms with Crippen LogP contribution >= 0.6 is 0 Å². The molecule has 1 unspecified atom stereocenters. The summed E-state index contributed by atoms with van der Waals surface area (Å²) in [5.74, 6) is -0.763. The first-order valence-corrected chi connectivity index (χ1v) is 6.69. The minimum absolute atomic E-state index is 0.181. The van der Waals surface area contributed by atoms with Crippen molar-refractivity contribution in [1.82, 2.24) is 14.9 Å². The molecule has 1 aromatic rings. The summed E-state index contributed by atoms with van der Waals surface area (Å²) in [6.07, 6.45) is 5.37. The molecule has 0 spiro atoms. The van der Waals surface area contributed by atoms with E-state index in [1.54, 1.807) is 6.07 Å². The van der Waals surface area contributed by atoms with Crippen LogP contribution in [0.3, 0.4) is 0 Å². The van der Waals surface area contributed by atoms with Crippen LogP contribution < -0.4 is 5.32 Å². The average Bonchev–Trinajstić information content (AvgIpc) is 2.85. The smallest absolute Gasteiger partial charge is 0.329 e. The summed E-state index contributed by atoms with van der Waals surface area (Å²) in [6, 6.07) is 1.19. The van der Waals surface area contributed by atoms with Gasteiger partial charge in [-0.05, 0) is 25.3 Å². The lowest BCUT2D eigenvalue weighted by Crippen LogP contribution is -2.54. The molecule has 2 rings (SSSR count). The number of likely N-dealkylation sites (tertiary alicyclic amines) is 1. The van der Waals surface area contributed by atoms with E-state index in [0.29, 0.717) is 32.2 Å². The zero-order chi connectivity index (χ0) is 14.6. The number of hydrogen-bond acceptors (Lipinski definition) is 4. The molecule has 0 aliphatic carbocycles. The van der Waals surface area contributed by atoms with E-state index in [1.807, 2.05) is 6.92 Å². The number of hydrogen-bond donors (Lipinski definition) is 2. The van der Waals surface area contributed by atoms with Crippen LogP contribution in [-0.2, 0) is 4.79 Å². The van der Waals surface area contributed by atoms with Gasteiger partial charge in [0.1, 0.15) is 5.54 Å². The number of carbonyl (C=O) groups is 2. The Morgan fingerprint density at radius 1 is 1.45 bits per heavy atom. The van der Waals surface area contributed by atoms with E-state index in [4.69, 9.17) is 0 Å². The molecule has 0 radical (unpaired) electrons. The van der Waals surface area contributed by atoms with Gasteiger partial charge in [0, 0.05) is 18.9 Å². The number of rotatable bonds is 4. The highest BCUT2D eigenvalue weighted by molar-refractivity contribution is 5.93. The predicted octanol–water partition coefficient (Wildman–Crippen LogP) is 1.73. The summed E-state index contributed by atoms with van der Waals surface area (Å²) in [5, 5.41) is 12.1. The minimum Gasteiger partial charge on any atom is -0.479 e. The number of carboxylic acid groups (broad SMARTS) is 1.